The predicted octanol–water partition coefficient (Wildman–Crippen LogP) is 3.79. The minimum atomic E-state index is -0.741. The van der Waals surface area contributed by atoms with Gasteiger partial charge in [-0.3, -0.25) is 5.32 Å². The van der Waals surface area contributed by atoms with Crippen molar-refractivity contribution in [3.63, 3.8) is 0 Å². The number of aliphatic hydroxyl groups excluding tert-OH is 1. The second kappa shape index (κ2) is 8.65. The van der Waals surface area contributed by atoms with E-state index in [2.05, 4.69) is 10.3 Å². The molecule has 0 aliphatic heterocycles. The van der Waals surface area contributed by atoms with Gasteiger partial charge in [0.2, 0.25) is 0 Å². The molecule has 0 spiro atoms. The van der Waals surface area contributed by atoms with Crippen molar-refractivity contribution in [1.29, 1.82) is 0 Å². The first-order valence-electron chi connectivity index (χ1n) is 8.82. The number of carbonyl (C=O) groups is 2. The van der Waals surface area contributed by atoms with E-state index in [0.29, 0.717) is 6.42 Å². The second-order valence-corrected chi connectivity index (χ2v) is 8.54. The molecule has 0 bridgehead atoms. The van der Waals surface area contributed by atoms with Gasteiger partial charge in [0.05, 0.1) is 6.10 Å². The van der Waals surface area contributed by atoms with Gasteiger partial charge in [0, 0.05) is 6.42 Å². The first-order chi connectivity index (χ1) is 11.3. The topological polar surface area (TPSA) is 97.2 Å². The summed E-state index contributed by atoms with van der Waals surface area (Å²) in [6.45, 7) is 10.6. The third kappa shape index (κ3) is 10.1. The summed E-state index contributed by atoms with van der Waals surface area (Å²) in [7, 11) is 0. The molecule has 1 rings (SSSR count). The molecule has 1 fully saturated rings. The average Bonchev–Trinajstić information content (AvgIpc) is 2.36. The highest BCUT2D eigenvalue weighted by Gasteiger charge is 2.24. The summed E-state index contributed by atoms with van der Waals surface area (Å²) in [5.74, 6) is 0.490. The Balaban J connectivity index is 2.78. The van der Waals surface area contributed by atoms with Crippen molar-refractivity contribution in [3.05, 3.63) is 0 Å². The smallest absolute Gasteiger partial charge is 0.435 e. The molecule has 0 saturated heterocycles. The lowest BCUT2D eigenvalue weighted by atomic mass is 9.85. The number of rotatable bonds is 2. The van der Waals surface area contributed by atoms with Gasteiger partial charge in [-0.15, -0.1) is 0 Å². The molecule has 7 heteroatoms. The van der Waals surface area contributed by atoms with Crippen LogP contribution in [0, 0.1) is 5.92 Å². The average molecular weight is 356 g/mol. The lowest BCUT2D eigenvalue weighted by Crippen LogP contribution is -2.38. The van der Waals surface area contributed by atoms with Gasteiger partial charge < -0.3 is 14.6 Å². The number of alkyl carbamates (subject to hydrolysis) is 1. The maximum Gasteiger partial charge on any atom is 0.435 e. The molecular weight excluding hydrogens is 324 g/mol. The molecule has 0 atom stereocenters. The van der Waals surface area contributed by atoms with Crippen LogP contribution in [-0.4, -0.2) is 40.4 Å². The third-order valence-electron chi connectivity index (χ3n) is 3.56. The fourth-order valence-electron chi connectivity index (χ4n) is 2.56. The van der Waals surface area contributed by atoms with Crippen molar-refractivity contribution in [2.45, 2.75) is 91.0 Å². The number of hydrogen-bond acceptors (Lipinski definition) is 5. The Labute approximate surface area is 150 Å². The lowest BCUT2D eigenvalue weighted by Gasteiger charge is -2.26. The first-order valence-corrected chi connectivity index (χ1v) is 8.82. The van der Waals surface area contributed by atoms with E-state index in [4.69, 9.17) is 9.47 Å². The number of amidine groups is 1. The van der Waals surface area contributed by atoms with Gasteiger partial charge in [0.15, 0.2) is 0 Å². The highest BCUT2D eigenvalue weighted by molar-refractivity contribution is 6.00. The van der Waals surface area contributed by atoms with Crippen molar-refractivity contribution < 1.29 is 24.2 Å². The summed E-state index contributed by atoms with van der Waals surface area (Å²) in [4.78, 5) is 27.9. The van der Waals surface area contributed by atoms with Gasteiger partial charge in [-0.05, 0) is 73.1 Å². The molecule has 25 heavy (non-hydrogen) atoms. The highest BCUT2D eigenvalue weighted by atomic mass is 16.6. The van der Waals surface area contributed by atoms with Gasteiger partial charge in [-0.25, -0.2) is 9.59 Å². The van der Waals surface area contributed by atoms with Crippen molar-refractivity contribution in [3.8, 4) is 0 Å². The molecular formula is C18H32N2O5. The fourth-order valence-corrected chi connectivity index (χ4v) is 2.56. The summed E-state index contributed by atoms with van der Waals surface area (Å²) in [6.07, 6.45) is 1.87. The zero-order valence-electron chi connectivity index (χ0n) is 16.2. The molecule has 0 unspecified atom stereocenters. The second-order valence-electron chi connectivity index (χ2n) is 8.54. The van der Waals surface area contributed by atoms with Crippen LogP contribution in [0.1, 0.15) is 73.6 Å². The Hall–Kier alpha value is -1.63. The van der Waals surface area contributed by atoms with Crippen molar-refractivity contribution in [1.82, 2.24) is 5.32 Å². The molecule has 0 aromatic carbocycles. The van der Waals surface area contributed by atoms with E-state index >= 15 is 0 Å². The van der Waals surface area contributed by atoms with E-state index < -0.39 is 23.4 Å². The van der Waals surface area contributed by atoms with E-state index in [9.17, 15) is 14.7 Å². The fraction of sp³-hybridized carbons (Fsp3) is 0.833. The van der Waals surface area contributed by atoms with Gasteiger partial charge in [0.1, 0.15) is 17.0 Å². The SMILES string of the molecule is CC(C)(C)OC(=O)N=C(CC1CCC(O)CC1)NC(=O)OC(C)(C)C. The van der Waals surface area contributed by atoms with Crippen LogP contribution < -0.4 is 5.32 Å². The van der Waals surface area contributed by atoms with Crippen LogP contribution in [0.3, 0.4) is 0 Å². The number of carbonyl (C=O) groups excluding carboxylic acids is 2. The molecule has 0 aromatic heterocycles. The standard InChI is InChI=1S/C18H32N2O5/c1-17(2,3)24-15(22)19-14(20-16(23)25-18(4,5)6)11-12-7-9-13(21)10-8-12/h12-13,21H,7-11H2,1-6H3,(H,19,20,22,23). The van der Waals surface area contributed by atoms with Crippen LogP contribution in [0.5, 0.6) is 0 Å². The Morgan fingerprint density at radius 1 is 1.00 bits per heavy atom. The Morgan fingerprint density at radius 2 is 1.52 bits per heavy atom. The normalized spacial score (nSPS) is 22.3. The molecule has 1 aliphatic rings. The van der Waals surface area contributed by atoms with E-state index in [1.807, 2.05) is 0 Å². The summed E-state index contributed by atoms with van der Waals surface area (Å²) in [5, 5.41) is 12.2. The molecule has 1 aliphatic carbocycles. The van der Waals surface area contributed by atoms with E-state index in [1.165, 1.54) is 0 Å². The highest BCUT2D eigenvalue weighted by Crippen LogP contribution is 2.27. The number of ether oxygens (including phenoxy) is 2. The zero-order valence-corrected chi connectivity index (χ0v) is 16.2. The van der Waals surface area contributed by atoms with Crippen LogP contribution in [0.4, 0.5) is 9.59 Å². The number of amides is 2. The third-order valence-corrected chi connectivity index (χ3v) is 3.56. The number of aliphatic imine (C=N–C) groups is 1. The summed E-state index contributed by atoms with van der Waals surface area (Å²) >= 11 is 0. The van der Waals surface area contributed by atoms with Gasteiger partial charge in [-0.2, -0.15) is 4.99 Å². The van der Waals surface area contributed by atoms with Crippen LogP contribution in [0.2, 0.25) is 0 Å². The van der Waals surface area contributed by atoms with Crippen LogP contribution in [-0.2, 0) is 9.47 Å². The molecule has 2 amide bonds. The maximum atomic E-state index is 12.0. The Kier molecular flexibility index (Phi) is 7.41. The number of aliphatic hydroxyl groups is 1. The minimum Gasteiger partial charge on any atom is -0.444 e. The Morgan fingerprint density at radius 3 is 2.00 bits per heavy atom. The van der Waals surface area contributed by atoms with Crippen LogP contribution >= 0.6 is 0 Å². The minimum absolute atomic E-state index is 0.241. The molecule has 144 valence electrons. The van der Waals surface area contributed by atoms with Gasteiger partial charge >= 0.3 is 12.2 Å². The quantitative estimate of drug-likeness (QED) is 0.579. The summed E-state index contributed by atoms with van der Waals surface area (Å²) < 4.78 is 10.4. The van der Waals surface area contributed by atoms with E-state index in [0.717, 1.165) is 25.7 Å². The number of hydrogen-bond donors (Lipinski definition) is 2. The van der Waals surface area contributed by atoms with E-state index in [-0.39, 0.29) is 17.9 Å². The molecule has 0 radical (unpaired) electrons. The zero-order chi connectivity index (χ0) is 19.3. The number of nitrogens with zero attached hydrogens (tertiary/aromatic N) is 1. The molecule has 0 aromatic rings. The number of nitrogens with one attached hydrogen (secondary N) is 1. The molecule has 7 nitrogen and oxygen atoms in total. The summed E-state index contributed by atoms with van der Waals surface area (Å²) in [5.41, 5.74) is -1.30. The predicted molar refractivity (Wildman–Crippen MR) is 95.6 cm³/mol. The lowest BCUT2D eigenvalue weighted by molar-refractivity contribution is 0.0559. The maximum absolute atomic E-state index is 12.0. The monoisotopic (exact) mass is 356 g/mol. The van der Waals surface area contributed by atoms with Gasteiger partial charge in [0.25, 0.3) is 0 Å². The van der Waals surface area contributed by atoms with Crippen molar-refractivity contribution >= 4 is 18.0 Å². The largest absolute Gasteiger partial charge is 0.444 e. The molecule has 1 saturated carbocycles. The van der Waals surface area contributed by atoms with Crippen molar-refractivity contribution in [2.75, 3.05) is 0 Å². The van der Waals surface area contributed by atoms with Crippen LogP contribution in [0.15, 0.2) is 4.99 Å². The Bertz CT molecular complexity index is 495. The van der Waals surface area contributed by atoms with Crippen molar-refractivity contribution in [2.24, 2.45) is 10.9 Å². The molecule has 2 N–H and O–H groups in total. The summed E-state index contributed by atoms with van der Waals surface area (Å²) in [6, 6.07) is 0. The van der Waals surface area contributed by atoms with E-state index in [1.54, 1.807) is 41.5 Å². The first kappa shape index (κ1) is 21.4. The van der Waals surface area contributed by atoms with Gasteiger partial charge in [-0.1, -0.05) is 0 Å². The van der Waals surface area contributed by atoms with Crippen LogP contribution in [0.25, 0.3) is 0 Å². The molecule has 0 heterocycles.